The highest BCUT2D eigenvalue weighted by atomic mass is 32.1. The zero-order valence-corrected chi connectivity index (χ0v) is 14.0. The summed E-state index contributed by atoms with van der Waals surface area (Å²) in [6.45, 7) is 8.67. The van der Waals surface area contributed by atoms with Crippen LogP contribution in [0, 0.1) is 12.8 Å². The SMILES string of the molecule is Cc1cscc1C(=O)Nc1ccsc1C(C)CC(C)C. The molecule has 0 saturated carbocycles. The first-order valence-corrected chi connectivity index (χ1v) is 8.72. The van der Waals surface area contributed by atoms with Crippen molar-refractivity contribution in [2.45, 2.75) is 40.0 Å². The quantitative estimate of drug-likeness (QED) is 0.774. The van der Waals surface area contributed by atoms with Gasteiger partial charge >= 0.3 is 0 Å². The van der Waals surface area contributed by atoms with Crippen LogP contribution in [0.5, 0.6) is 0 Å². The van der Waals surface area contributed by atoms with E-state index >= 15 is 0 Å². The molecule has 4 heteroatoms. The summed E-state index contributed by atoms with van der Waals surface area (Å²) in [6.07, 6.45) is 1.14. The summed E-state index contributed by atoms with van der Waals surface area (Å²) in [5, 5.41) is 9.04. The standard InChI is InChI=1S/C16H21NOS2/c1-10(2)7-11(3)15-14(5-6-20-15)17-16(18)13-9-19-8-12(13)4/h5-6,8-11H,7H2,1-4H3,(H,17,18). The number of anilines is 1. The van der Waals surface area contributed by atoms with E-state index in [1.165, 1.54) is 4.88 Å². The third kappa shape index (κ3) is 3.49. The van der Waals surface area contributed by atoms with Gasteiger partial charge in [-0.3, -0.25) is 4.79 Å². The van der Waals surface area contributed by atoms with Crippen LogP contribution in [0.3, 0.4) is 0 Å². The molecule has 1 amide bonds. The van der Waals surface area contributed by atoms with Crippen molar-refractivity contribution in [2.75, 3.05) is 5.32 Å². The van der Waals surface area contributed by atoms with Crippen LogP contribution in [0.4, 0.5) is 5.69 Å². The summed E-state index contributed by atoms with van der Waals surface area (Å²) < 4.78 is 0. The van der Waals surface area contributed by atoms with Gasteiger partial charge in [0.25, 0.3) is 5.91 Å². The number of hydrogen-bond donors (Lipinski definition) is 1. The molecule has 0 bridgehead atoms. The molecule has 1 unspecified atom stereocenters. The van der Waals surface area contributed by atoms with Gasteiger partial charge < -0.3 is 5.32 Å². The Labute approximate surface area is 128 Å². The fourth-order valence-electron chi connectivity index (χ4n) is 2.40. The molecule has 0 aliphatic heterocycles. The van der Waals surface area contributed by atoms with Crippen LogP contribution in [0.15, 0.2) is 22.2 Å². The lowest BCUT2D eigenvalue weighted by atomic mass is 9.97. The normalized spacial score (nSPS) is 12.7. The molecule has 1 N–H and O–H groups in total. The molecule has 1 atom stereocenters. The third-order valence-electron chi connectivity index (χ3n) is 3.32. The van der Waals surface area contributed by atoms with Gasteiger partial charge in [0.05, 0.1) is 11.3 Å². The minimum absolute atomic E-state index is 0.000136. The molecule has 0 aliphatic carbocycles. The van der Waals surface area contributed by atoms with Gasteiger partial charge in [-0.1, -0.05) is 20.8 Å². The number of rotatable bonds is 5. The molecule has 0 saturated heterocycles. The van der Waals surface area contributed by atoms with Crippen molar-refractivity contribution in [3.8, 4) is 0 Å². The molecule has 2 aromatic heterocycles. The van der Waals surface area contributed by atoms with Gasteiger partial charge in [-0.25, -0.2) is 0 Å². The van der Waals surface area contributed by atoms with E-state index in [0.717, 1.165) is 23.2 Å². The average Bonchev–Trinajstić information content (AvgIpc) is 2.96. The Hall–Kier alpha value is -1.13. The minimum atomic E-state index is 0.000136. The summed E-state index contributed by atoms with van der Waals surface area (Å²) in [6, 6.07) is 2.01. The van der Waals surface area contributed by atoms with Gasteiger partial charge in [-0.15, -0.1) is 11.3 Å². The van der Waals surface area contributed by atoms with E-state index < -0.39 is 0 Å². The number of thiophene rings is 2. The van der Waals surface area contributed by atoms with E-state index in [4.69, 9.17) is 0 Å². The second-order valence-electron chi connectivity index (χ2n) is 5.65. The lowest BCUT2D eigenvalue weighted by molar-refractivity contribution is 0.102. The zero-order chi connectivity index (χ0) is 14.7. The first-order chi connectivity index (χ1) is 9.49. The Balaban J connectivity index is 2.13. The summed E-state index contributed by atoms with van der Waals surface area (Å²) in [5.41, 5.74) is 2.79. The Morgan fingerprint density at radius 1 is 1.30 bits per heavy atom. The Kier molecular flexibility index (Phi) is 5.00. The van der Waals surface area contributed by atoms with Crippen LogP contribution in [-0.2, 0) is 0 Å². The maximum Gasteiger partial charge on any atom is 0.256 e. The first-order valence-electron chi connectivity index (χ1n) is 6.90. The minimum Gasteiger partial charge on any atom is -0.321 e. The number of carbonyl (C=O) groups excluding carboxylic acids is 1. The number of amides is 1. The number of aryl methyl sites for hydroxylation is 1. The summed E-state index contributed by atoms with van der Waals surface area (Å²) >= 11 is 3.30. The molecule has 2 heterocycles. The zero-order valence-electron chi connectivity index (χ0n) is 12.4. The second-order valence-corrected chi connectivity index (χ2v) is 7.34. The van der Waals surface area contributed by atoms with E-state index in [9.17, 15) is 4.79 Å². The maximum absolute atomic E-state index is 12.3. The molecule has 2 nitrogen and oxygen atoms in total. The maximum atomic E-state index is 12.3. The van der Waals surface area contributed by atoms with E-state index in [1.807, 2.05) is 23.8 Å². The molecule has 0 fully saturated rings. The van der Waals surface area contributed by atoms with Crippen LogP contribution in [0.25, 0.3) is 0 Å². The van der Waals surface area contributed by atoms with Crippen molar-refractivity contribution in [1.29, 1.82) is 0 Å². The van der Waals surface area contributed by atoms with Gasteiger partial charge in [0, 0.05) is 10.3 Å². The fourth-order valence-corrected chi connectivity index (χ4v) is 4.16. The van der Waals surface area contributed by atoms with Crippen molar-refractivity contribution in [3.63, 3.8) is 0 Å². The predicted octanol–water partition coefficient (Wildman–Crippen LogP) is 5.52. The van der Waals surface area contributed by atoms with E-state index in [0.29, 0.717) is 11.8 Å². The van der Waals surface area contributed by atoms with Gasteiger partial charge in [0.15, 0.2) is 0 Å². The molecule has 108 valence electrons. The Morgan fingerprint density at radius 3 is 2.65 bits per heavy atom. The van der Waals surface area contributed by atoms with Crippen LogP contribution < -0.4 is 5.32 Å². The smallest absolute Gasteiger partial charge is 0.256 e. The molecule has 2 rings (SSSR count). The summed E-state index contributed by atoms with van der Waals surface area (Å²) in [4.78, 5) is 13.6. The average molecular weight is 307 g/mol. The van der Waals surface area contributed by atoms with Gasteiger partial charge in [-0.05, 0) is 47.6 Å². The molecule has 0 aromatic carbocycles. The number of nitrogens with one attached hydrogen (secondary N) is 1. The van der Waals surface area contributed by atoms with Gasteiger partial charge in [0.1, 0.15) is 0 Å². The van der Waals surface area contributed by atoms with E-state index in [-0.39, 0.29) is 5.91 Å². The largest absolute Gasteiger partial charge is 0.321 e. The molecule has 20 heavy (non-hydrogen) atoms. The monoisotopic (exact) mass is 307 g/mol. The Bertz CT molecular complexity index is 583. The van der Waals surface area contributed by atoms with Crippen LogP contribution >= 0.6 is 22.7 Å². The third-order valence-corrected chi connectivity index (χ3v) is 5.33. The second kappa shape index (κ2) is 6.55. The molecule has 2 aromatic rings. The van der Waals surface area contributed by atoms with Crippen molar-refractivity contribution in [1.82, 2.24) is 0 Å². The van der Waals surface area contributed by atoms with Crippen molar-refractivity contribution in [3.05, 3.63) is 38.2 Å². The lowest BCUT2D eigenvalue weighted by Gasteiger charge is -2.15. The molecule has 0 aliphatic rings. The van der Waals surface area contributed by atoms with Crippen LogP contribution in [-0.4, -0.2) is 5.91 Å². The molecular weight excluding hydrogens is 286 g/mol. The molecule has 0 spiro atoms. The van der Waals surface area contributed by atoms with Crippen LogP contribution in [0.1, 0.15) is 53.9 Å². The molecular formula is C16H21NOS2. The van der Waals surface area contributed by atoms with E-state index in [1.54, 1.807) is 22.7 Å². The van der Waals surface area contributed by atoms with Crippen molar-refractivity contribution in [2.24, 2.45) is 5.92 Å². The van der Waals surface area contributed by atoms with E-state index in [2.05, 4.69) is 31.5 Å². The lowest BCUT2D eigenvalue weighted by Crippen LogP contribution is -2.13. The van der Waals surface area contributed by atoms with Gasteiger partial charge in [-0.2, -0.15) is 11.3 Å². The summed E-state index contributed by atoms with van der Waals surface area (Å²) in [7, 11) is 0. The fraction of sp³-hybridized carbons (Fsp3) is 0.438. The van der Waals surface area contributed by atoms with Crippen molar-refractivity contribution >= 4 is 34.3 Å². The highest BCUT2D eigenvalue weighted by Crippen LogP contribution is 2.34. The molecule has 0 radical (unpaired) electrons. The predicted molar refractivity (Wildman–Crippen MR) is 89.2 cm³/mol. The number of carbonyl (C=O) groups is 1. The number of hydrogen-bond acceptors (Lipinski definition) is 3. The summed E-state index contributed by atoms with van der Waals surface area (Å²) in [5.74, 6) is 1.14. The topological polar surface area (TPSA) is 29.1 Å². The Morgan fingerprint density at radius 2 is 2.05 bits per heavy atom. The van der Waals surface area contributed by atoms with Crippen LogP contribution in [0.2, 0.25) is 0 Å². The highest BCUT2D eigenvalue weighted by molar-refractivity contribution is 7.10. The van der Waals surface area contributed by atoms with Gasteiger partial charge in [0.2, 0.25) is 0 Å². The highest BCUT2D eigenvalue weighted by Gasteiger charge is 2.17. The first kappa shape index (κ1) is 15.3. The van der Waals surface area contributed by atoms with Crippen molar-refractivity contribution < 1.29 is 4.79 Å².